The van der Waals surface area contributed by atoms with Gasteiger partial charge in [0.2, 0.25) is 0 Å². The molecule has 1 atom stereocenters. The maximum atomic E-state index is 5.12. The standard InChI is InChI=1S/C17H19BrINO/c1-20-17(15-11-14(18)7-8-16(15)19)13-5-3-12(4-6-13)9-10-21-2/h3-8,11,17,20H,9-10H2,1-2H3. The Kier molecular flexibility index (Phi) is 6.67. The van der Waals surface area contributed by atoms with Gasteiger partial charge in [-0.05, 0) is 70.9 Å². The SMILES string of the molecule is CNC(c1ccc(CCOC)cc1)c1cc(Br)ccc1I. The van der Waals surface area contributed by atoms with Gasteiger partial charge in [-0.3, -0.25) is 0 Å². The second-order valence-corrected chi connectivity index (χ2v) is 6.95. The van der Waals surface area contributed by atoms with Crippen molar-refractivity contribution < 1.29 is 4.74 Å². The number of rotatable bonds is 6. The zero-order valence-electron chi connectivity index (χ0n) is 12.2. The molecular formula is C17H19BrINO. The van der Waals surface area contributed by atoms with E-state index in [0.717, 1.165) is 17.5 Å². The summed E-state index contributed by atoms with van der Waals surface area (Å²) in [6.07, 6.45) is 0.954. The normalized spacial score (nSPS) is 12.4. The predicted octanol–water partition coefficient (Wildman–Crippen LogP) is 4.55. The quantitative estimate of drug-likeness (QED) is 0.639. The number of benzene rings is 2. The van der Waals surface area contributed by atoms with Crippen LogP contribution in [0, 0.1) is 3.57 Å². The Labute approximate surface area is 148 Å². The average molecular weight is 460 g/mol. The number of hydrogen-bond acceptors (Lipinski definition) is 2. The minimum absolute atomic E-state index is 0.200. The average Bonchev–Trinajstić information content (AvgIpc) is 2.50. The molecule has 0 fully saturated rings. The van der Waals surface area contributed by atoms with E-state index in [1.54, 1.807) is 7.11 Å². The van der Waals surface area contributed by atoms with E-state index < -0.39 is 0 Å². The molecule has 0 saturated carbocycles. The molecule has 2 rings (SSSR count). The molecule has 0 saturated heterocycles. The zero-order chi connectivity index (χ0) is 15.2. The van der Waals surface area contributed by atoms with Gasteiger partial charge in [0.05, 0.1) is 12.6 Å². The zero-order valence-corrected chi connectivity index (χ0v) is 15.9. The first kappa shape index (κ1) is 16.9. The van der Waals surface area contributed by atoms with Crippen molar-refractivity contribution in [2.45, 2.75) is 12.5 Å². The van der Waals surface area contributed by atoms with Gasteiger partial charge in [0, 0.05) is 15.2 Å². The van der Waals surface area contributed by atoms with Crippen LogP contribution in [0.25, 0.3) is 0 Å². The molecule has 0 aliphatic rings. The summed E-state index contributed by atoms with van der Waals surface area (Å²) in [7, 11) is 3.74. The highest BCUT2D eigenvalue weighted by molar-refractivity contribution is 14.1. The lowest BCUT2D eigenvalue weighted by atomic mass is 9.97. The molecule has 112 valence electrons. The van der Waals surface area contributed by atoms with Crippen LogP contribution in [0.3, 0.4) is 0 Å². The summed E-state index contributed by atoms with van der Waals surface area (Å²) in [4.78, 5) is 0. The van der Waals surface area contributed by atoms with E-state index in [-0.39, 0.29) is 6.04 Å². The van der Waals surface area contributed by atoms with Crippen LogP contribution in [-0.4, -0.2) is 20.8 Å². The fourth-order valence-electron chi connectivity index (χ4n) is 2.33. The fourth-order valence-corrected chi connectivity index (χ4v) is 3.36. The Balaban J connectivity index is 2.26. The van der Waals surface area contributed by atoms with Crippen LogP contribution in [0.15, 0.2) is 46.9 Å². The summed E-state index contributed by atoms with van der Waals surface area (Å²) < 4.78 is 7.49. The van der Waals surface area contributed by atoms with Crippen molar-refractivity contribution in [3.05, 3.63) is 67.2 Å². The summed E-state index contributed by atoms with van der Waals surface area (Å²) in [5.41, 5.74) is 3.87. The maximum Gasteiger partial charge on any atom is 0.0585 e. The summed E-state index contributed by atoms with van der Waals surface area (Å²) >= 11 is 5.95. The number of ether oxygens (including phenoxy) is 1. The smallest absolute Gasteiger partial charge is 0.0585 e. The molecule has 2 aromatic carbocycles. The van der Waals surface area contributed by atoms with Crippen LogP contribution in [0.4, 0.5) is 0 Å². The highest BCUT2D eigenvalue weighted by Crippen LogP contribution is 2.28. The lowest BCUT2D eigenvalue weighted by molar-refractivity contribution is 0.202. The van der Waals surface area contributed by atoms with Crippen molar-refractivity contribution in [3.8, 4) is 0 Å². The summed E-state index contributed by atoms with van der Waals surface area (Å²) in [5, 5.41) is 3.41. The Morgan fingerprint density at radius 1 is 1.19 bits per heavy atom. The topological polar surface area (TPSA) is 21.3 Å². The summed E-state index contributed by atoms with van der Waals surface area (Å²) in [6.45, 7) is 0.762. The first-order chi connectivity index (χ1) is 10.2. The minimum atomic E-state index is 0.200. The van der Waals surface area contributed by atoms with Gasteiger partial charge in [-0.2, -0.15) is 0 Å². The number of hydrogen-bond donors (Lipinski definition) is 1. The minimum Gasteiger partial charge on any atom is -0.384 e. The third-order valence-electron chi connectivity index (χ3n) is 3.47. The Hall–Kier alpha value is -0.430. The van der Waals surface area contributed by atoms with E-state index in [1.807, 2.05) is 7.05 Å². The van der Waals surface area contributed by atoms with Crippen LogP contribution in [0.1, 0.15) is 22.7 Å². The van der Waals surface area contributed by atoms with Crippen LogP contribution >= 0.6 is 38.5 Å². The van der Waals surface area contributed by atoms with Gasteiger partial charge in [-0.1, -0.05) is 40.2 Å². The van der Waals surface area contributed by atoms with Crippen molar-refractivity contribution in [2.24, 2.45) is 0 Å². The van der Waals surface area contributed by atoms with Crippen molar-refractivity contribution in [1.82, 2.24) is 5.32 Å². The van der Waals surface area contributed by atoms with Gasteiger partial charge < -0.3 is 10.1 Å². The predicted molar refractivity (Wildman–Crippen MR) is 99.8 cm³/mol. The van der Waals surface area contributed by atoms with Crippen LogP contribution in [0.2, 0.25) is 0 Å². The largest absolute Gasteiger partial charge is 0.384 e. The van der Waals surface area contributed by atoms with Gasteiger partial charge in [-0.15, -0.1) is 0 Å². The second kappa shape index (κ2) is 8.27. The molecule has 1 unspecified atom stereocenters. The molecule has 0 aliphatic carbocycles. The second-order valence-electron chi connectivity index (χ2n) is 4.87. The molecule has 2 aromatic rings. The number of nitrogens with one attached hydrogen (secondary N) is 1. The van der Waals surface area contributed by atoms with E-state index in [2.05, 4.69) is 86.3 Å². The third-order valence-corrected chi connectivity index (χ3v) is 4.94. The number of halogens is 2. The molecule has 4 heteroatoms. The van der Waals surface area contributed by atoms with Gasteiger partial charge in [-0.25, -0.2) is 0 Å². The molecule has 2 nitrogen and oxygen atoms in total. The van der Waals surface area contributed by atoms with Crippen LogP contribution in [0.5, 0.6) is 0 Å². The van der Waals surface area contributed by atoms with Gasteiger partial charge in [0.1, 0.15) is 0 Å². The molecule has 0 amide bonds. The molecule has 0 bridgehead atoms. The lowest BCUT2D eigenvalue weighted by Crippen LogP contribution is -2.18. The highest BCUT2D eigenvalue weighted by Gasteiger charge is 2.15. The first-order valence-electron chi connectivity index (χ1n) is 6.85. The molecular weight excluding hydrogens is 441 g/mol. The fraction of sp³-hybridized carbons (Fsp3) is 0.294. The number of methoxy groups -OCH3 is 1. The lowest BCUT2D eigenvalue weighted by Gasteiger charge is -2.19. The van der Waals surface area contributed by atoms with E-state index >= 15 is 0 Å². The van der Waals surface area contributed by atoms with Gasteiger partial charge in [0.25, 0.3) is 0 Å². The molecule has 0 heterocycles. The van der Waals surface area contributed by atoms with E-state index in [9.17, 15) is 0 Å². The van der Waals surface area contributed by atoms with Crippen molar-refractivity contribution in [3.63, 3.8) is 0 Å². The molecule has 0 spiro atoms. The summed E-state index contributed by atoms with van der Waals surface area (Å²) in [6, 6.07) is 15.4. The van der Waals surface area contributed by atoms with Crippen molar-refractivity contribution in [1.29, 1.82) is 0 Å². The van der Waals surface area contributed by atoms with E-state index in [0.29, 0.717) is 0 Å². The first-order valence-corrected chi connectivity index (χ1v) is 8.73. The molecule has 1 N–H and O–H groups in total. The molecule has 0 aliphatic heterocycles. The molecule has 0 radical (unpaired) electrons. The maximum absolute atomic E-state index is 5.12. The summed E-state index contributed by atoms with van der Waals surface area (Å²) in [5.74, 6) is 0. The highest BCUT2D eigenvalue weighted by atomic mass is 127. The monoisotopic (exact) mass is 459 g/mol. The van der Waals surface area contributed by atoms with Crippen molar-refractivity contribution in [2.75, 3.05) is 20.8 Å². The molecule has 0 aromatic heterocycles. The Bertz CT molecular complexity index is 586. The van der Waals surface area contributed by atoms with Crippen molar-refractivity contribution >= 4 is 38.5 Å². The van der Waals surface area contributed by atoms with E-state index in [4.69, 9.17) is 4.74 Å². The Morgan fingerprint density at radius 2 is 1.90 bits per heavy atom. The third kappa shape index (κ3) is 4.52. The van der Waals surface area contributed by atoms with Gasteiger partial charge in [0.15, 0.2) is 0 Å². The van der Waals surface area contributed by atoms with Gasteiger partial charge >= 0.3 is 0 Å². The van der Waals surface area contributed by atoms with E-state index in [1.165, 1.54) is 20.3 Å². The van der Waals surface area contributed by atoms with Crippen LogP contribution < -0.4 is 5.32 Å². The molecule has 21 heavy (non-hydrogen) atoms. The Morgan fingerprint density at radius 3 is 2.52 bits per heavy atom. The van der Waals surface area contributed by atoms with Crippen LogP contribution in [-0.2, 0) is 11.2 Å².